The first-order chi connectivity index (χ1) is 11.6. The van der Waals surface area contributed by atoms with Gasteiger partial charge < -0.3 is 10.4 Å². The molecule has 132 valence electrons. The summed E-state index contributed by atoms with van der Waals surface area (Å²) in [4.78, 5) is 24.0. The summed E-state index contributed by atoms with van der Waals surface area (Å²) in [7, 11) is 0. The highest BCUT2D eigenvalue weighted by Gasteiger charge is 2.25. The minimum absolute atomic E-state index is 0.188. The van der Waals surface area contributed by atoms with Crippen LogP contribution in [0.5, 0.6) is 0 Å². The van der Waals surface area contributed by atoms with Gasteiger partial charge in [-0.3, -0.25) is 4.79 Å². The maximum absolute atomic E-state index is 12.4. The van der Waals surface area contributed by atoms with E-state index in [1.165, 1.54) is 18.4 Å². The fraction of sp³-hybridized carbons (Fsp3) is 0.579. The predicted molar refractivity (Wildman–Crippen MR) is 98.5 cm³/mol. The molecule has 1 aliphatic heterocycles. The van der Waals surface area contributed by atoms with Crippen LogP contribution in [0.2, 0.25) is 0 Å². The van der Waals surface area contributed by atoms with Crippen molar-refractivity contribution in [2.45, 2.75) is 57.4 Å². The Balaban J connectivity index is 2.21. The Labute approximate surface area is 149 Å². The molecule has 1 heterocycles. The van der Waals surface area contributed by atoms with Crippen LogP contribution in [0.15, 0.2) is 24.3 Å². The van der Waals surface area contributed by atoms with Gasteiger partial charge in [0, 0.05) is 18.1 Å². The number of carbonyl (C=O) groups excluding carboxylic acids is 1. The van der Waals surface area contributed by atoms with Crippen LogP contribution in [0, 0.1) is 5.92 Å². The average Bonchev–Trinajstić information content (AvgIpc) is 2.57. The highest BCUT2D eigenvalue weighted by atomic mass is 32.1. The maximum atomic E-state index is 12.4. The van der Waals surface area contributed by atoms with Gasteiger partial charge in [-0.15, -0.1) is 0 Å². The van der Waals surface area contributed by atoms with Crippen LogP contribution in [0.3, 0.4) is 0 Å². The van der Waals surface area contributed by atoms with Crippen molar-refractivity contribution in [2.24, 2.45) is 5.92 Å². The number of carboxylic acids is 1. The van der Waals surface area contributed by atoms with E-state index in [0.29, 0.717) is 12.2 Å². The van der Waals surface area contributed by atoms with E-state index in [-0.39, 0.29) is 11.8 Å². The van der Waals surface area contributed by atoms with Gasteiger partial charge in [-0.05, 0) is 30.4 Å². The number of hydrogen-bond donors (Lipinski definition) is 3. The second-order valence-electron chi connectivity index (χ2n) is 6.56. The van der Waals surface area contributed by atoms with Crippen molar-refractivity contribution in [3.63, 3.8) is 0 Å². The van der Waals surface area contributed by atoms with Crippen LogP contribution in [-0.2, 0) is 22.4 Å². The van der Waals surface area contributed by atoms with Crippen molar-refractivity contribution in [1.82, 2.24) is 5.32 Å². The zero-order valence-corrected chi connectivity index (χ0v) is 14.9. The van der Waals surface area contributed by atoms with Gasteiger partial charge >= 0.3 is 5.97 Å². The van der Waals surface area contributed by atoms with Gasteiger partial charge in [-0.25, -0.2) is 4.79 Å². The molecule has 0 aliphatic carbocycles. The highest BCUT2D eigenvalue weighted by Crippen LogP contribution is 2.19. The minimum atomic E-state index is -0.983. The Bertz CT molecular complexity index is 561. The number of amides is 1. The number of rotatable bonds is 2. The number of aliphatic carboxylic acids is 1. The Morgan fingerprint density at radius 1 is 1.12 bits per heavy atom. The number of thiol groups is 1. The molecule has 4 nitrogen and oxygen atoms in total. The van der Waals surface area contributed by atoms with Crippen LogP contribution in [-0.4, -0.2) is 28.8 Å². The second kappa shape index (κ2) is 9.72. The van der Waals surface area contributed by atoms with E-state index in [2.05, 4.69) is 24.0 Å². The van der Waals surface area contributed by atoms with E-state index in [9.17, 15) is 14.7 Å². The average molecular weight is 349 g/mol. The fourth-order valence-electron chi connectivity index (χ4n) is 3.25. The summed E-state index contributed by atoms with van der Waals surface area (Å²) >= 11 is 4.27. The largest absolute Gasteiger partial charge is 0.480 e. The molecule has 2 rings (SSSR count). The van der Waals surface area contributed by atoms with Gasteiger partial charge in [0.2, 0.25) is 5.91 Å². The van der Waals surface area contributed by atoms with Gasteiger partial charge in [0.25, 0.3) is 0 Å². The summed E-state index contributed by atoms with van der Waals surface area (Å²) in [6.07, 6.45) is 7.66. The van der Waals surface area contributed by atoms with E-state index in [4.69, 9.17) is 0 Å². The summed E-state index contributed by atoms with van der Waals surface area (Å²) < 4.78 is 0. The Kier molecular flexibility index (Phi) is 7.63. The van der Waals surface area contributed by atoms with E-state index in [1.807, 2.05) is 18.2 Å². The molecule has 1 aromatic carbocycles. The van der Waals surface area contributed by atoms with Crippen LogP contribution in [0.1, 0.15) is 49.7 Å². The van der Waals surface area contributed by atoms with E-state index < -0.39 is 12.0 Å². The Morgan fingerprint density at radius 3 is 2.50 bits per heavy atom. The number of fused-ring (bicyclic) bond motifs is 1. The van der Waals surface area contributed by atoms with Crippen molar-refractivity contribution in [3.05, 3.63) is 35.4 Å². The monoisotopic (exact) mass is 349 g/mol. The molecule has 0 aromatic heterocycles. The summed E-state index contributed by atoms with van der Waals surface area (Å²) in [5, 5.41) is 12.2. The third-order valence-electron chi connectivity index (χ3n) is 4.75. The third-order valence-corrected chi connectivity index (χ3v) is 5.19. The zero-order chi connectivity index (χ0) is 17.4. The lowest BCUT2D eigenvalue weighted by molar-refractivity contribution is -0.142. The maximum Gasteiger partial charge on any atom is 0.326 e. The molecule has 24 heavy (non-hydrogen) atoms. The van der Waals surface area contributed by atoms with Gasteiger partial charge in [0.05, 0.1) is 0 Å². The summed E-state index contributed by atoms with van der Waals surface area (Å²) in [6, 6.07) is 7.08. The van der Waals surface area contributed by atoms with Crippen molar-refractivity contribution in [2.75, 3.05) is 5.75 Å². The molecule has 2 N–H and O–H groups in total. The van der Waals surface area contributed by atoms with Crippen LogP contribution in [0.25, 0.3) is 0 Å². The normalized spacial score (nSPS) is 23.6. The molecule has 0 saturated carbocycles. The van der Waals surface area contributed by atoms with Crippen molar-refractivity contribution < 1.29 is 14.7 Å². The molecule has 0 unspecified atom stereocenters. The van der Waals surface area contributed by atoms with Crippen LogP contribution >= 0.6 is 12.6 Å². The smallest absolute Gasteiger partial charge is 0.326 e. The molecule has 0 fully saturated rings. The molecule has 0 bridgehead atoms. The SMILES string of the molecule is O=C1N[C@H](C(=O)O)Cc2ccccc2CCCCCCC[C@H]1CS. The number of nitrogens with one attached hydrogen (secondary N) is 1. The van der Waals surface area contributed by atoms with E-state index in [0.717, 1.165) is 37.7 Å². The molecule has 0 spiro atoms. The summed E-state index contributed by atoms with van der Waals surface area (Å²) in [5.74, 6) is -0.933. The quantitative estimate of drug-likeness (QED) is 0.718. The lowest BCUT2D eigenvalue weighted by Crippen LogP contribution is -2.45. The predicted octanol–water partition coefficient (Wildman–Crippen LogP) is 3.24. The number of aryl methyl sites for hydroxylation is 1. The zero-order valence-electron chi connectivity index (χ0n) is 14.0. The fourth-order valence-corrected chi connectivity index (χ4v) is 3.60. The molecule has 1 amide bonds. The number of hydrogen-bond acceptors (Lipinski definition) is 3. The molecule has 0 saturated heterocycles. The van der Waals surface area contributed by atoms with Gasteiger partial charge in [0.1, 0.15) is 6.04 Å². The summed E-state index contributed by atoms with van der Waals surface area (Å²) in [6.45, 7) is 0. The molecule has 0 radical (unpaired) electrons. The van der Waals surface area contributed by atoms with Crippen molar-refractivity contribution >= 4 is 24.5 Å². The van der Waals surface area contributed by atoms with Crippen LogP contribution in [0.4, 0.5) is 0 Å². The third kappa shape index (κ3) is 5.55. The van der Waals surface area contributed by atoms with Gasteiger partial charge in [0.15, 0.2) is 0 Å². The first-order valence-corrected chi connectivity index (χ1v) is 9.46. The standard InChI is InChI=1S/C19H27NO3S/c21-18-16(13-24)11-5-3-1-2-4-8-14-9-6-7-10-15(14)12-17(20-18)19(22)23/h6-7,9-10,16-17,24H,1-5,8,11-13H2,(H,20,21)(H,22,23)/t16-,17-/m0/s1. The number of carboxylic acid groups (broad SMARTS) is 1. The molecular weight excluding hydrogens is 322 g/mol. The van der Waals surface area contributed by atoms with Crippen LogP contribution < -0.4 is 5.32 Å². The highest BCUT2D eigenvalue weighted by molar-refractivity contribution is 7.80. The molecular formula is C19H27NO3S. The summed E-state index contributed by atoms with van der Waals surface area (Å²) in [5.41, 5.74) is 2.21. The van der Waals surface area contributed by atoms with Crippen molar-refractivity contribution in [3.8, 4) is 0 Å². The molecule has 5 heteroatoms. The van der Waals surface area contributed by atoms with Gasteiger partial charge in [-0.1, -0.05) is 49.9 Å². The number of benzene rings is 1. The van der Waals surface area contributed by atoms with Crippen molar-refractivity contribution in [1.29, 1.82) is 0 Å². The second-order valence-corrected chi connectivity index (χ2v) is 6.92. The first kappa shape index (κ1) is 18.8. The van der Waals surface area contributed by atoms with Gasteiger partial charge in [-0.2, -0.15) is 12.6 Å². The minimum Gasteiger partial charge on any atom is -0.480 e. The van der Waals surface area contributed by atoms with E-state index in [1.54, 1.807) is 0 Å². The lowest BCUT2D eigenvalue weighted by atomic mass is 9.94. The molecule has 1 aliphatic rings. The molecule has 2 atom stereocenters. The molecule has 1 aromatic rings. The topological polar surface area (TPSA) is 66.4 Å². The van der Waals surface area contributed by atoms with E-state index >= 15 is 0 Å². The Hall–Kier alpha value is -1.49. The first-order valence-electron chi connectivity index (χ1n) is 8.82. The lowest BCUT2D eigenvalue weighted by Gasteiger charge is -2.21. The Morgan fingerprint density at radius 2 is 1.79 bits per heavy atom. The number of carbonyl (C=O) groups is 2.